The first-order valence-corrected chi connectivity index (χ1v) is 9.54. The zero-order valence-corrected chi connectivity index (χ0v) is 15.0. The molecular weight excluding hydrogens is 276 g/mol. The number of carbonyl (C=O) groups is 1. The average molecular weight is 315 g/mol. The zero-order valence-electron chi connectivity index (χ0n) is 15.0. The Balaban J connectivity index is 3.08. The maximum absolute atomic E-state index is 11.4. The minimum atomic E-state index is -0.0771. The van der Waals surface area contributed by atoms with Crippen LogP contribution < -0.4 is 0 Å². The second-order valence-electron chi connectivity index (χ2n) is 6.12. The lowest BCUT2D eigenvalue weighted by atomic mass is 10.1. The van der Waals surface area contributed by atoms with Crippen LogP contribution in [0.1, 0.15) is 97.3 Å². The number of carbonyl (C=O) groups excluding carboxylic acids is 1. The van der Waals surface area contributed by atoms with Crippen molar-refractivity contribution in [3.63, 3.8) is 0 Å². The van der Waals surface area contributed by atoms with E-state index < -0.39 is 0 Å². The van der Waals surface area contributed by atoms with Crippen LogP contribution >= 0.6 is 0 Å². The lowest BCUT2D eigenvalue weighted by Crippen LogP contribution is -2.10. The Bertz CT molecular complexity index is 229. The van der Waals surface area contributed by atoms with Gasteiger partial charge in [0.25, 0.3) is 0 Å². The van der Waals surface area contributed by atoms with Gasteiger partial charge in [-0.2, -0.15) is 0 Å². The van der Waals surface area contributed by atoms with Crippen molar-refractivity contribution in [2.24, 2.45) is 0 Å². The highest BCUT2D eigenvalue weighted by atomic mass is 16.6. The molecule has 3 nitrogen and oxygen atoms in total. The number of esters is 1. The first kappa shape index (κ1) is 21.4. The van der Waals surface area contributed by atoms with Crippen molar-refractivity contribution in [2.75, 3.05) is 19.8 Å². The Kier molecular flexibility index (Phi) is 18.0. The maximum Gasteiger partial charge on any atom is 0.305 e. The topological polar surface area (TPSA) is 35.5 Å². The average Bonchev–Trinajstić information content (AvgIpc) is 2.52. The van der Waals surface area contributed by atoms with E-state index in [0.717, 1.165) is 25.9 Å². The summed E-state index contributed by atoms with van der Waals surface area (Å²) in [5, 5.41) is 0. The molecule has 0 aliphatic carbocycles. The van der Waals surface area contributed by atoms with E-state index in [1.807, 2.05) is 0 Å². The molecule has 0 aromatic heterocycles. The van der Waals surface area contributed by atoms with Gasteiger partial charge in [0, 0.05) is 13.0 Å². The van der Waals surface area contributed by atoms with Crippen LogP contribution in [0.15, 0.2) is 0 Å². The monoisotopic (exact) mass is 314 g/mol. The molecular formula is C19H38O3. The molecule has 3 heteroatoms. The minimum Gasteiger partial charge on any atom is -0.463 e. The molecule has 0 saturated heterocycles. The summed E-state index contributed by atoms with van der Waals surface area (Å²) in [4.78, 5) is 11.4. The lowest BCUT2D eigenvalue weighted by molar-refractivity contribution is -0.145. The van der Waals surface area contributed by atoms with Gasteiger partial charge in [0.15, 0.2) is 0 Å². The quantitative estimate of drug-likeness (QED) is 0.257. The number of hydrogen-bond donors (Lipinski definition) is 0. The van der Waals surface area contributed by atoms with E-state index in [2.05, 4.69) is 13.8 Å². The molecule has 0 spiro atoms. The SMILES string of the molecule is CCCCCCCCCCOCCOC(=O)CCCCCC. The molecule has 132 valence electrons. The molecule has 0 atom stereocenters. The van der Waals surface area contributed by atoms with Crippen LogP contribution in [-0.2, 0) is 14.3 Å². The summed E-state index contributed by atoms with van der Waals surface area (Å²) in [6.07, 6.45) is 15.5. The van der Waals surface area contributed by atoms with Crippen molar-refractivity contribution in [1.29, 1.82) is 0 Å². The first-order valence-electron chi connectivity index (χ1n) is 9.54. The van der Waals surface area contributed by atoms with Gasteiger partial charge in [-0.15, -0.1) is 0 Å². The van der Waals surface area contributed by atoms with E-state index in [4.69, 9.17) is 9.47 Å². The van der Waals surface area contributed by atoms with Crippen LogP contribution in [0.3, 0.4) is 0 Å². The van der Waals surface area contributed by atoms with Crippen LogP contribution in [-0.4, -0.2) is 25.8 Å². The summed E-state index contributed by atoms with van der Waals surface area (Å²) in [6.45, 7) is 6.16. The normalized spacial score (nSPS) is 10.8. The largest absolute Gasteiger partial charge is 0.463 e. The van der Waals surface area contributed by atoms with Crippen molar-refractivity contribution in [1.82, 2.24) is 0 Å². The highest BCUT2D eigenvalue weighted by Crippen LogP contribution is 2.08. The van der Waals surface area contributed by atoms with Gasteiger partial charge in [0.2, 0.25) is 0 Å². The van der Waals surface area contributed by atoms with Gasteiger partial charge < -0.3 is 9.47 Å². The standard InChI is InChI=1S/C19H38O3/c1-3-5-7-9-10-11-12-14-16-21-17-18-22-19(20)15-13-8-6-4-2/h3-18H2,1-2H3. The van der Waals surface area contributed by atoms with Crippen LogP contribution in [0.5, 0.6) is 0 Å². The fourth-order valence-corrected chi connectivity index (χ4v) is 2.42. The molecule has 0 aromatic carbocycles. The number of ether oxygens (including phenoxy) is 2. The van der Waals surface area contributed by atoms with Crippen molar-refractivity contribution in [3.05, 3.63) is 0 Å². The number of hydrogen-bond acceptors (Lipinski definition) is 3. The third-order valence-corrected chi connectivity index (χ3v) is 3.87. The summed E-state index contributed by atoms with van der Waals surface area (Å²) in [5.74, 6) is -0.0771. The molecule has 0 aliphatic rings. The Morgan fingerprint density at radius 3 is 1.82 bits per heavy atom. The van der Waals surface area contributed by atoms with E-state index >= 15 is 0 Å². The molecule has 0 N–H and O–H groups in total. The predicted octanol–water partition coefficient (Wildman–Crippen LogP) is 5.66. The lowest BCUT2D eigenvalue weighted by Gasteiger charge is -2.06. The van der Waals surface area contributed by atoms with Gasteiger partial charge in [-0.25, -0.2) is 0 Å². The fraction of sp³-hybridized carbons (Fsp3) is 0.947. The summed E-state index contributed by atoms with van der Waals surface area (Å²) < 4.78 is 10.6. The second-order valence-corrected chi connectivity index (χ2v) is 6.12. The van der Waals surface area contributed by atoms with Gasteiger partial charge in [0.1, 0.15) is 6.61 Å². The van der Waals surface area contributed by atoms with Crippen LogP contribution in [0.2, 0.25) is 0 Å². The highest BCUT2D eigenvalue weighted by Gasteiger charge is 2.02. The Morgan fingerprint density at radius 2 is 1.18 bits per heavy atom. The molecule has 0 aromatic rings. The highest BCUT2D eigenvalue weighted by molar-refractivity contribution is 5.69. The van der Waals surface area contributed by atoms with E-state index in [0.29, 0.717) is 19.6 Å². The molecule has 0 saturated carbocycles. The van der Waals surface area contributed by atoms with Gasteiger partial charge >= 0.3 is 5.97 Å². The summed E-state index contributed by atoms with van der Waals surface area (Å²) in [6, 6.07) is 0. The van der Waals surface area contributed by atoms with Crippen LogP contribution in [0.4, 0.5) is 0 Å². The van der Waals surface area contributed by atoms with E-state index in [9.17, 15) is 4.79 Å². The molecule has 0 fully saturated rings. The molecule has 0 unspecified atom stereocenters. The smallest absolute Gasteiger partial charge is 0.305 e. The van der Waals surface area contributed by atoms with Gasteiger partial charge in [0.05, 0.1) is 6.61 Å². The van der Waals surface area contributed by atoms with E-state index in [1.54, 1.807) is 0 Å². The van der Waals surface area contributed by atoms with Gasteiger partial charge in [-0.05, 0) is 12.8 Å². The zero-order chi connectivity index (χ0) is 16.3. The Hall–Kier alpha value is -0.570. The third kappa shape index (κ3) is 17.5. The third-order valence-electron chi connectivity index (χ3n) is 3.87. The fourth-order valence-electron chi connectivity index (χ4n) is 2.42. The van der Waals surface area contributed by atoms with Crippen molar-refractivity contribution >= 4 is 5.97 Å². The molecule has 0 amide bonds. The Labute approximate surface area is 138 Å². The van der Waals surface area contributed by atoms with Crippen molar-refractivity contribution in [2.45, 2.75) is 97.3 Å². The second kappa shape index (κ2) is 18.5. The van der Waals surface area contributed by atoms with E-state index in [1.165, 1.54) is 57.8 Å². The van der Waals surface area contributed by atoms with E-state index in [-0.39, 0.29) is 5.97 Å². The van der Waals surface area contributed by atoms with Crippen molar-refractivity contribution in [3.8, 4) is 0 Å². The van der Waals surface area contributed by atoms with Crippen molar-refractivity contribution < 1.29 is 14.3 Å². The van der Waals surface area contributed by atoms with Crippen LogP contribution in [0, 0.1) is 0 Å². The molecule has 0 aliphatic heterocycles. The number of rotatable bonds is 17. The molecule has 22 heavy (non-hydrogen) atoms. The molecule has 0 heterocycles. The predicted molar refractivity (Wildman–Crippen MR) is 93.1 cm³/mol. The molecule has 0 radical (unpaired) electrons. The molecule has 0 rings (SSSR count). The van der Waals surface area contributed by atoms with Crippen LogP contribution in [0.25, 0.3) is 0 Å². The first-order chi connectivity index (χ1) is 10.8. The molecule has 0 bridgehead atoms. The number of unbranched alkanes of at least 4 members (excludes halogenated alkanes) is 10. The summed E-state index contributed by atoms with van der Waals surface area (Å²) in [7, 11) is 0. The maximum atomic E-state index is 11.4. The van der Waals surface area contributed by atoms with Gasteiger partial charge in [-0.1, -0.05) is 78.1 Å². The summed E-state index contributed by atoms with van der Waals surface area (Å²) >= 11 is 0. The van der Waals surface area contributed by atoms with Gasteiger partial charge in [-0.3, -0.25) is 4.79 Å². The summed E-state index contributed by atoms with van der Waals surface area (Å²) in [5.41, 5.74) is 0. The Morgan fingerprint density at radius 1 is 0.636 bits per heavy atom. The minimum absolute atomic E-state index is 0.0771.